The molecular formula is C14H15Cl2NS. The summed E-state index contributed by atoms with van der Waals surface area (Å²) in [6, 6.07) is 10.4. The quantitative estimate of drug-likeness (QED) is 0.849. The van der Waals surface area contributed by atoms with Crippen LogP contribution in [0.4, 0.5) is 0 Å². The van der Waals surface area contributed by atoms with Gasteiger partial charge in [0.25, 0.3) is 0 Å². The van der Waals surface area contributed by atoms with E-state index < -0.39 is 0 Å². The number of hydrogen-bond donors (Lipinski definition) is 1. The molecule has 0 amide bonds. The number of benzene rings is 1. The first kappa shape index (κ1) is 13.9. The molecule has 0 saturated heterocycles. The van der Waals surface area contributed by atoms with Crippen molar-refractivity contribution in [3.63, 3.8) is 0 Å². The van der Waals surface area contributed by atoms with E-state index in [1.807, 2.05) is 32.2 Å². The summed E-state index contributed by atoms with van der Waals surface area (Å²) >= 11 is 14.0. The van der Waals surface area contributed by atoms with Crippen LogP contribution in [0.25, 0.3) is 0 Å². The second-order valence-corrected chi connectivity index (χ2v) is 6.41. The lowest BCUT2D eigenvalue weighted by atomic mass is 10.0. The molecule has 4 heteroatoms. The van der Waals surface area contributed by atoms with Crippen LogP contribution in [0.1, 0.15) is 22.0 Å². The molecule has 1 atom stereocenters. The van der Waals surface area contributed by atoms with E-state index in [1.54, 1.807) is 11.3 Å². The molecular weight excluding hydrogens is 285 g/mol. The summed E-state index contributed by atoms with van der Waals surface area (Å²) in [5, 5.41) is 4.17. The van der Waals surface area contributed by atoms with Gasteiger partial charge in [0.1, 0.15) is 0 Å². The van der Waals surface area contributed by atoms with Crippen LogP contribution in [0.3, 0.4) is 0 Å². The molecule has 2 aromatic rings. The van der Waals surface area contributed by atoms with Crippen molar-refractivity contribution >= 4 is 34.5 Å². The Hall–Kier alpha value is -0.540. The Bertz CT molecular complexity index is 536. The van der Waals surface area contributed by atoms with Crippen molar-refractivity contribution in [2.45, 2.75) is 19.4 Å². The predicted octanol–water partition coefficient (Wildman–Crippen LogP) is 4.87. The van der Waals surface area contributed by atoms with Crippen LogP contribution in [0.5, 0.6) is 0 Å². The first-order valence-corrected chi connectivity index (χ1v) is 7.35. The van der Waals surface area contributed by atoms with Crippen LogP contribution >= 0.6 is 34.5 Å². The minimum absolute atomic E-state index is 0.215. The number of aryl methyl sites for hydroxylation is 1. The third-order valence-electron chi connectivity index (χ3n) is 2.98. The van der Waals surface area contributed by atoms with Gasteiger partial charge in [-0.25, -0.2) is 0 Å². The maximum absolute atomic E-state index is 6.38. The number of thiophene rings is 1. The molecule has 0 aliphatic rings. The zero-order valence-electron chi connectivity index (χ0n) is 10.3. The van der Waals surface area contributed by atoms with E-state index >= 15 is 0 Å². The average molecular weight is 300 g/mol. The fourth-order valence-corrected chi connectivity index (χ4v) is 3.36. The molecule has 1 heterocycles. The van der Waals surface area contributed by atoms with Gasteiger partial charge in [-0.2, -0.15) is 0 Å². The molecule has 0 aliphatic heterocycles. The van der Waals surface area contributed by atoms with Crippen molar-refractivity contribution in [3.05, 3.63) is 55.7 Å². The highest BCUT2D eigenvalue weighted by atomic mass is 35.5. The Morgan fingerprint density at radius 3 is 2.61 bits per heavy atom. The van der Waals surface area contributed by atoms with Crippen LogP contribution in [0, 0.1) is 6.92 Å². The Morgan fingerprint density at radius 2 is 2.00 bits per heavy atom. The molecule has 0 bridgehead atoms. The van der Waals surface area contributed by atoms with Crippen LogP contribution in [-0.4, -0.2) is 7.05 Å². The normalized spacial score (nSPS) is 12.7. The summed E-state index contributed by atoms with van der Waals surface area (Å²) in [6.07, 6.45) is 0.900. The summed E-state index contributed by atoms with van der Waals surface area (Å²) in [4.78, 5) is 1.26. The summed E-state index contributed by atoms with van der Waals surface area (Å²) in [5.74, 6) is 0. The summed E-state index contributed by atoms with van der Waals surface area (Å²) in [6.45, 7) is 2.03. The van der Waals surface area contributed by atoms with E-state index in [9.17, 15) is 0 Å². The maximum atomic E-state index is 6.38. The summed E-state index contributed by atoms with van der Waals surface area (Å²) in [7, 11) is 1.96. The summed E-state index contributed by atoms with van der Waals surface area (Å²) in [5.41, 5.74) is 2.25. The standard InChI is InChI=1S/C14H15Cl2NS/c1-9-4-3-5-11(14(9)16)12(17-2)8-10-6-7-13(15)18-10/h3-7,12,17H,8H2,1-2H3. The Kier molecular flexibility index (Phi) is 4.68. The lowest BCUT2D eigenvalue weighted by Gasteiger charge is -2.18. The van der Waals surface area contributed by atoms with E-state index in [2.05, 4.69) is 17.4 Å². The zero-order chi connectivity index (χ0) is 13.1. The molecule has 18 heavy (non-hydrogen) atoms. The molecule has 96 valence electrons. The molecule has 0 fully saturated rings. The Labute approximate surface area is 122 Å². The number of likely N-dealkylation sites (N-methyl/N-ethyl adjacent to an activating group) is 1. The molecule has 1 aromatic carbocycles. The third kappa shape index (κ3) is 3.07. The Morgan fingerprint density at radius 1 is 1.22 bits per heavy atom. The van der Waals surface area contributed by atoms with Crippen LogP contribution in [-0.2, 0) is 6.42 Å². The van der Waals surface area contributed by atoms with Gasteiger partial charge in [-0.1, -0.05) is 41.4 Å². The SMILES string of the molecule is CNC(Cc1ccc(Cl)s1)c1cccc(C)c1Cl. The molecule has 1 aromatic heterocycles. The van der Waals surface area contributed by atoms with Gasteiger partial charge >= 0.3 is 0 Å². The van der Waals surface area contributed by atoms with E-state index in [0.29, 0.717) is 0 Å². The monoisotopic (exact) mass is 299 g/mol. The number of nitrogens with one attached hydrogen (secondary N) is 1. The van der Waals surface area contributed by atoms with E-state index in [4.69, 9.17) is 23.2 Å². The van der Waals surface area contributed by atoms with Crippen molar-refractivity contribution in [2.24, 2.45) is 0 Å². The van der Waals surface area contributed by atoms with Gasteiger partial charge in [0, 0.05) is 22.4 Å². The smallest absolute Gasteiger partial charge is 0.0931 e. The largest absolute Gasteiger partial charge is 0.313 e. The van der Waals surface area contributed by atoms with Crippen molar-refractivity contribution in [3.8, 4) is 0 Å². The van der Waals surface area contributed by atoms with Gasteiger partial charge in [-0.15, -0.1) is 11.3 Å². The molecule has 0 saturated carbocycles. The Balaban J connectivity index is 2.25. The van der Waals surface area contributed by atoms with Crippen molar-refractivity contribution < 1.29 is 0 Å². The van der Waals surface area contributed by atoms with Gasteiger partial charge in [0.15, 0.2) is 0 Å². The van der Waals surface area contributed by atoms with Crippen molar-refractivity contribution in [1.82, 2.24) is 5.32 Å². The fourth-order valence-electron chi connectivity index (χ4n) is 1.97. The minimum Gasteiger partial charge on any atom is -0.313 e. The van der Waals surface area contributed by atoms with Crippen molar-refractivity contribution in [1.29, 1.82) is 0 Å². The molecule has 0 radical (unpaired) electrons. The minimum atomic E-state index is 0.215. The van der Waals surface area contributed by atoms with E-state index in [-0.39, 0.29) is 6.04 Å². The molecule has 1 N–H and O–H groups in total. The first-order chi connectivity index (χ1) is 8.61. The van der Waals surface area contributed by atoms with E-state index in [0.717, 1.165) is 26.9 Å². The third-order valence-corrected chi connectivity index (χ3v) is 4.75. The summed E-state index contributed by atoms with van der Waals surface area (Å²) < 4.78 is 0.829. The zero-order valence-corrected chi connectivity index (χ0v) is 12.7. The van der Waals surface area contributed by atoms with E-state index in [1.165, 1.54) is 4.88 Å². The van der Waals surface area contributed by atoms with Crippen molar-refractivity contribution in [2.75, 3.05) is 7.05 Å². The number of hydrogen-bond acceptors (Lipinski definition) is 2. The number of rotatable bonds is 4. The maximum Gasteiger partial charge on any atom is 0.0931 e. The van der Waals surface area contributed by atoms with Gasteiger partial charge in [0.2, 0.25) is 0 Å². The highest BCUT2D eigenvalue weighted by Crippen LogP contribution is 2.31. The first-order valence-electron chi connectivity index (χ1n) is 5.78. The lowest BCUT2D eigenvalue weighted by Crippen LogP contribution is -2.19. The average Bonchev–Trinajstić information content (AvgIpc) is 2.76. The van der Waals surface area contributed by atoms with Crippen LogP contribution in [0.2, 0.25) is 9.36 Å². The predicted molar refractivity (Wildman–Crippen MR) is 81.0 cm³/mol. The highest BCUT2D eigenvalue weighted by Gasteiger charge is 2.15. The van der Waals surface area contributed by atoms with Gasteiger partial charge in [-0.05, 0) is 37.2 Å². The molecule has 0 spiro atoms. The van der Waals surface area contributed by atoms with Gasteiger partial charge in [-0.3, -0.25) is 0 Å². The molecule has 1 nitrogen and oxygen atoms in total. The highest BCUT2D eigenvalue weighted by molar-refractivity contribution is 7.16. The molecule has 0 aliphatic carbocycles. The van der Waals surface area contributed by atoms with Crippen LogP contribution in [0.15, 0.2) is 30.3 Å². The topological polar surface area (TPSA) is 12.0 Å². The van der Waals surface area contributed by atoms with Gasteiger partial charge < -0.3 is 5.32 Å². The lowest BCUT2D eigenvalue weighted by molar-refractivity contribution is 0.596. The number of halogens is 2. The molecule has 2 rings (SSSR count). The van der Waals surface area contributed by atoms with Gasteiger partial charge in [0.05, 0.1) is 4.34 Å². The van der Waals surface area contributed by atoms with Crippen LogP contribution < -0.4 is 5.32 Å². The second-order valence-electron chi connectivity index (χ2n) is 4.23. The fraction of sp³-hybridized carbons (Fsp3) is 0.286. The second kappa shape index (κ2) is 6.07. The molecule has 1 unspecified atom stereocenters.